The third kappa shape index (κ3) is 5.31. The van der Waals surface area contributed by atoms with Crippen molar-refractivity contribution in [3.8, 4) is 19.5 Å². The van der Waals surface area contributed by atoms with Crippen LogP contribution in [-0.4, -0.2) is 26.2 Å². The summed E-state index contributed by atoms with van der Waals surface area (Å²) in [7, 11) is 2.77. The Kier molecular flexibility index (Phi) is 7.66. The van der Waals surface area contributed by atoms with E-state index in [0.717, 1.165) is 36.5 Å². The largest absolute Gasteiger partial charge is 0.469 e. The second-order valence-corrected chi connectivity index (χ2v) is 12.4. The Bertz CT molecular complexity index is 1620. The third-order valence-electron chi connectivity index (χ3n) is 5.80. The smallest absolute Gasteiger partial charge is 0.348 e. The molecule has 5 nitrogen and oxygen atoms in total. The van der Waals surface area contributed by atoms with Gasteiger partial charge in [-0.2, -0.15) is 4.57 Å². The SMILES string of the molecule is CC[n+]1c(/C=C/c2ccc(-c3cc(CC(=O)OC)c(-c4ccc(C(=O)OC)s4)s3)s2)sc2ccccc21. The number of carbonyl (C=O) groups is 2. The molecule has 0 saturated carbocycles. The van der Waals surface area contributed by atoms with Crippen molar-refractivity contribution in [1.29, 1.82) is 0 Å². The Balaban J connectivity index is 1.45. The van der Waals surface area contributed by atoms with Crippen LogP contribution >= 0.6 is 45.3 Å². The number of ether oxygens (including phenoxy) is 2. The lowest BCUT2D eigenvalue weighted by molar-refractivity contribution is -0.665. The Morgan fingerprint density at radius 1 is 0.865 bits per heavy atom. The Labute approximate surface area is 230 Å². The van der Waals surface area contributed by atoms with Crippen molar-refractivity contribution in [2.45, 2.75) is 19.9 Å². The van der Waals surface area contributed by atoms with E-state index in [9.17, 15) is 9.59 Å². The van der Waals surface area contributed by atoms with Crippen molar-refractivity contribution in [3.63, 3.8) is 0 Å². The number of carbonyl (C=O) groups excluding carboxylic acids is 2. The zero-order chi connectivity index (χ0) is 25.9. The van der Waals surface area contributed by atoms with Crippen LogP contribution in [0.1, 0.15) is 32.0 Å². The summed E-state index contributed by atoms with van der Waals surface area (Å²) in [4.78, 5) is 29.9. The molecule has 0 bridgehead atoms. The lowest BCUT2D eigenvalue weighted by Crippen LogP contribution is -2.33. The van der Waals surface area contributed by atoms with E-state index in [1.807, 2.05) is 6.07 Å². The fraction of sp³-hybridized carbons (Fsp3) is 0.179. The van der Waals surface area contributed by atoms with Crippen LogP contribution < -0.4 is 4.57 Å². The summed E-state index contributed by atoms with van der Waals surface area (Å²) >= 11 is 6.50. The molecule has 37 heavy (non-hydrogen) atoms. The number of benzene rings is 1. The standard InChI is InChI=1S/C28H24NO4S4/c1-4-29-19-7-5-6-8-20(19)36-25(29)14-10-18-9-11-21(34-18)24-15-17(16-26(30)32-2)27(37-24)22-12-13-23(35-22)28(31)33-3/h5-15H,4,16H2,1-3H3/q+1/b14-10+. The summed E-state index contributed by atoms with van der Waals surface area (Å²) in [6.07, 6.45) is 4.53. The molecule has 9 heteroatoms. The zero-order valence-corrected chi connectivity index (χ0v) is 23.7. The van der Waals surface area contributed by atoms with Crippen molar-refractivity contribution in [2.24, 2.45) is 0 Å². The minimum Gasteiger partial charge on any atom is -0.469 e. The molecule has 0 spiro atoms. The second kappa shape index (κ2) is 11.1. The van der Waals surface area contributed by atoms with E-state index >= 15 is 0 Å². The number of rotatable bonds is 8. The van der Waals surface area contributed by atoms with Crippen LogP contribution in [0.25, 0.3) is 41.9 Å². The van der Waals surface area contributed by atoms with E-state index in [2.05, 4.69) is 66.1 Å². The summed E-state index contributed by atoms with van der Waals surface area (Å²) in [6, 6.07) is 18.5. The summed E-state index contributed by atoms with van der Waals surface area (Å²) in [6.45, 7) is 3.09. The van der Waals surface area contributed by atoms with Crippen molar-refractivity contribution in [3.05, 3.63) is 74.9 Å². The first-order valence-corrected chi connectivity index (χ1v) is 14.8. The molecule has 0 atom stereocenters. The molecule has 0 radical (unpaired) electrons. The van der Waals surface area contributed by atoms with Crippen LogP contribution in [0.15, 0.2) is 54.6 Å². The number of aryl methyl sites for hydroxylation is 1. The highest BCUT2D eigenvalue weighted by molar-refractivity contribution is 7.27. The lowest BCUT2D eigenvalue weighted by Gasteiger charge is -2.00. The van der Waals surface area contributed by atoms with Crippen LogP contribution in [0.4, 0.5) is 0 Å². The summed E-state index contributed by atoms with van der Waals surface area (Å²) in [5, 5.41) is 1.22. The molecule has 0 N–H and O–H groups in total. The monoisotopic (exact) mass is 566 g/mol. The molecule has 188 valence electrons. The van der Waals surface area contributed by atoms with Gasteiger partial charge in [0.1, 0.15) is 16.1 Å². The number of methoxy groups -OCH3 is 2. The molecule has 4 heterocycles. The van der Waals surface area contributed by atoms with Gasteiger partial charge >= 0.3 is 11.9 Å². The molecule has 5 aromatic rings. The molecule has 0 amide bonds. The number of esters is 2. The molecule has 0 unspecified atom stereocenters. The van der Waals surface area contributed by atoms with Gasteiger partial charge in [0.2, 0.25) is 5.52 Å². The van der Waals surface area contributed by atoms with E-state index < -0.39 is 0 Å². The van der Waals surface area contributed by atoms with E-state index in [1.165, 1.54) is 40.8 Å². The number of hydrogen-bond acceptors (Lipinski definition) is 8. The maximum atomic E-state index is 12.1. The zero-order valence-electron chi connectivity index (χ0n) is 20.5. The van der Waals surface area contributed by atoms with E-state index in [-0.39, 0.29) is 18.4 Å². The molecule has 5 rings (SSSR count). The highest BCUT2D eigenvalue weighted by Gasteiger charge is 2.20. The van der Waals surface area contributed by atoms with Crippen molar-refractivity contribution >= 4 is 79.7 Å². The van der Waals surface area contributed by atoms with Crippen LogP contribution in [0, 0.1) is 0 Å². The molecule has 4 aromatic heterocycles. The maximum Gasteiger partial charge on any atom is 0.348 e. The fourth-order valence-corrected chi connectivity index (χ4v) is 8.39. The molecule has 0 aliphatic rings. The fourth-order valence-electron chi connectivity index (χ4n) is 4.02. The van der Waals surface area contributed by atoms with Gasteiger partial charge in [0.15, 0.2) is 0 Å². The predicted octanol–water partition coefficient (Wildman–Crippen LogP) is 7.40. The molecule has 0 fully saturated rings. The number of thiazole rings is 1. The van der Waals surface area contributed by atoms with Crippen LogP contribution in [0.3, 0.4) is 0 Å². The van der Waals surface area contributed by atoms with Gasteiger partial charge < -0.3 is 9.47 Å². The highest BCUT2D eigenvalue weighted by Crippen LogP contribution is 2.43. The normalized spacial score (nSPS) is 11.4. The quantitative estimate of drug-likeness (QED) is 0.145. The first kappa shape index (κ1) is 25.5. The van der Waals surface area contributed by atoms with Crippen LogP contribution in [0.2, 0.25) is 0 Å². The number of nitrogens with zero attached hydrogens (tertiary/aromatic N) is 1. The highest BCUT2D eigenvalue weighted by atomic mass is 32.1. The molecule has 1 aromatic carbocycles. The number of hydrogen-bond donors (Lipinski definition) is 0. The summed E-state index contributed by atoms with van der Waals surface area (Å²) in [5.74, 6) is -0.655. The first-order valence-electron chi connectivity index (χ1n) is 11.6. The lowest BCUT2D eigenvalue weighted by atomic mass is 10.1. The summed E-state index contributed by atoms with van der Waals surface area (Å²) in [5.41, 5.74) is 2.15. The van der Waals surface area contributed by atoms with Gasteiger partial charge in [-0.15, -0.1) is 34.0 Å². The Morgan fingerprint density at radius 3 is 2.46 bits per heavy atom. The Hall–Kier alpha value is -3.11. The van der Waals surface area contributed by atoms with Crippen molar-refractivity contribution in [1.82, 2.24) is 0 Å². The predicted molar refractivity (Wildman–Crippen MR) is 155 cm³/mol. The number of fused-ring (bicyclic) bond motifs is 1. The molecular weight excluding hydrogens is 543 g/mol. The van der Waals surface area contributed by atoms with E-state index in [1.54, 1.807) is 40.1 Å². The minimum absolute atomic E-state index is 0.175. The van der Waals surface area contributed by atoms with E-state index in [4.69, 9.17) is 9.47 Å². The molecular formula is C28H24NO4S4+. The van der Waals surface area contributed by atoms with Gasteiger partial charge in [-0.25, -0.2) is 4.79 Å². The van der Waals surface area contributed by atoms with Crippen LogP contribution in [-0.2, 0) is 27.2 Å². The number of para-hydroxylation sites is 1. The van der Waals surface area contributed by atoms with Gasteiger partial charge in [-0.05, 0) is 55.0 Å². The van der Waals surface area contributed by atoms with Gasteiger partial charge in [0.25, 0.3) is 5.01 Å². The van der Waals surface area contributed by atoms with Crippen molar-refractivity contribution < 1.29 is 23.6 Å². The van der Waals surface area contributed by atoms with E-state index in [0.29, 0.717) is 4.88 Å². The Morgan fingerprint density at radius 2 is 1.68 bits per heavy atom. The topological polar surface area (TPSA) is 56.5 Å². The average molecular weight is 567 g/mol. The van der Waals surface area contributed by atoms with Crippen molar-refractivity contribution in [2.75, 3.05) is 14.2 Å². The number of aromatic nitrogens is 1. The third-order valence-corrected chi connectivity index (χ3v) is 10.6. The van der Waals surface area contributed by atoms with Gasteiger partial charge in [-0.1, -0.05) is 23.5 Å². The molecule has 0 saturated heterocycles. The maximum absolute atomic E-state index is 12.1. The minimum atomic E-state index is -0.361. The number of thiophene rings is 3. The van der Waals surface area contributed by atoms with Gasteiger partial charge in [0, 0.05) is 36.5 Å². The van der Waals surface area contributed by atoms with Crippen LogP contribution in [0.5, 0.6) is 0 Å². The first-order chi connectivity index (χ1) is 18.0. The summed E-state index contributed by atoms with van der Waals surface area (Å²) < 4.78 is 13.4. The second-order valence-electron chi connectivity index (χ2n) is 8.06. The molecule has 0 aliphatic carbocycles. The average Bonchev–Trinajstić information content (AvgIpc) is 3.71. The molecule has 0 aliphatic heterocycles. The van der Waals surface area contributed by atoms with Gasteiger partial charge in [-0.3, -0.25) is 4.79 Å². The van der Waals surface area contributed by atoms with Gasteiger partial charge in [0.05, 0.1) is 20.6 Å².